The summed E-state index contributed by atoms with van der Waals surface area (Å²) in [6.45, 7) is 4.18. The molecule has 3 aromatic heterocycles. The lowest BCUT2D eigenvalue weighted by Crippen LogP contribution is -2.29. The fraction of sp³-hybridized carbons (Fsp3) is 0.105. The van der Waals surface area contributed by atoms with Crippen LogP contribution in [0, 0.1) is 13.8 Å². The number of furan rings is 1. The van der Waals surface area contributed by atoms with Crippen LogP contribution in [0.2, 0.25) is 0 Å². The number of aryl methyl sites for hydroxylation is 2. The first-order chi connectivity index (χ1) is 12.6. The summed E-state index contributed by atoms with van der Waals surface area (Å²) < 4.78 is 5.09. The second-order valence-corrected chi connectivity index (χ2v) is 6.77. The summed E-state index contributed by atoms with van der Waals surface area (Å²) >= 11 is 1.54. The number of thiophene rings is 1. The number of nitrogens with one attached hydrogen (secondary N) is 2. The summed E-state index contributed by atoms with van der Waals surface area (Å²) in [5.74, 6) is 0.400. The predicted octanol–water partition coefficient (Wildman–Crippen LogP) is 4.33. The van der Waals surface area contributed by atoms with E-state index in [-0.39, 0.29) is 11.7 Å². The Morgan fingerprint density at radius 1 is 1.15 bits per heavy atom. The van der Waals surface area contributed by atoms with Crippen molar-refractivity contribution in [3.05, 3.63) is 65.2 Å². The molecule has 7 heteroatoms. The molecule has 2 N–H and O–H groups in total. The molecule has 6 nitrogen and oxygen atoms in total. The van der Waals surface area contributed by atoms with E-state index in [2.05, 4.69) is 58.2 Å². The van der Waals surface area contributed by atoms with Gasteiger partial charge in [-0.2, -0.15) is 0 Å². The van der Waals surface area contributed by atoms with Crippen LogP contribution < -0.4 is 10.9 Å². The van der Waals surface area contributed by atoms with Gasteiger partial charge in [0.05, 0.1) is 11.6 Å². The number of hydrogen-bond acceptors (Lipinski definition) is 6. The minimum absolute atomic E-state index is 0.225. The minimum atomic E-state index is -0.371. The first-order valence-electron chi connectivity index (χ1n) is 8.03. The molecule has 0 aliphatic rings. The molecule has 0 spiro atoms. The molecule has 0 saturated heterocycles. The smallest absolute Gasteiger partial charge is 0.305 e. The fourth-order valence-electron chi connectivity index (χ4n) is 2.68. The van der Waals surface area contributed by atoms with Crippen LogP contribution in [0.5, 0.6) is 0 Å². The standard InChI is InChI=1S/C19H16N4O2S/c1-11-5-6-13(8-12(11)2)14-9-26-19-16(14)17(20-10-21-19)22-23-18(24)15-4-3-7-25-15/h3-10H,1-2H3,(H,23,24)(H,20,21,22). The van der Waals surface area contributed by atoms with Gasteiger partial charge < -0.3 is 4.42 Å². The third-order valence-electron chi connectivity index (χ3n) is 4.23. The summed E-state index contributed by atoms with van der Waals surface area (Å²) in [5.41, 5.74) is 10.1. The van der Waals surface area contributed by atoms with E-state index in [0.29, 0.717) is 5.82 Å². The van der Waals surface area contributed by atoms with Crippen LogP contribution in [-0.4, -0.2) is 15.9 Å². The van der Waals surface area contributed by atoms with Gasteiger partial charge in [-0.3, -0.25) is 15.6 Å². The van der Waals surface area contributed by atoms with E-state index in [0.717, 1.165) is 21.3 Å². The number of carbonyl (C=O) groups excluding carboxylic acids is 1. The number of hydrogen-bond donors (Lipinski definition) is 2. The number of benzene rings is 1. The largest absolute Gasteiger partial charge is 0.459 e. The summed E-state index contributed by atoms with van der Waals surface area (Å²) in [6.07, 6.45) is 2.93. The number of hydrazine groups is 1. The van der Waals surface area contributed by atoms with Crippen LogP contribution in [0.1, 0.15) is 21.7 Å². The lowest BCUT2D eigenvalue weighted by Gasteiger charge is -2.09. The summed E-state index contributed by atoms with van der Waals surface area (Å²) in [6, 6.07) is 9.59. The molecule has 0 aliphatic heterocycles. The first-order valence-corrected chi connectivity index (χ1v) is 8.91. The molecule has 3 heterocycles. The van der Waals surface area contributed by atoms with Crippen molar-refractivity contribution in [3.8, 4) is 11.1 Å². The quantitative estimate of drug-likeness (QED) is 0.527. The van der Waals surface area contributed by atoms with Gasteiger partial charge in [0, 0.05) is 10.9 Å². The van der Waals surface area contributed by atoms with E-state index in [1.165, 1.54) is 23.7 Å². The molecule has 4 aromatic rings. The van der Waals surface area contributed by atoms with Gasteiger partial charge in [-0.1, -0.05) is 18.2 Å². The molecule has 1 aromatic carbocycles. The number of anilines is 1. The Hall–Kier alpha value is -3.19. The van der Waals surface area contributed by atoms with Gasteiger partial charge in [-0.05, 0) is 42.7 Å². The number of rotatable bonds is 4. The molecule has 26 heavy (non-hydrogen) atoms. The maximum Gasteiger partial charge on any atom is 0.305 e. The van der Waals surface area contributed by atoms with Crippen molar-refractivity contribution in [2.75, 3.05) is 5.43 Å². The molecular weight excluding hydrogens is 348 g/mol. The lowest BCUT2D eigenvalue weighted by atomic mass is 10.0. The summed E-state index contributed by atoms with van der Waals surface area (Å²) in [4.78, 5) is 21.6. The highest BCUT2D eigenvalue weighted by Crippen LogP contribution is 2.36. The predicted molar refractivity (Wildman–Crippen MR) is 102 cm³/mol. The molecule has 130 valence electrons. The number of nitrogens with zero attached hydrogens (tertiary/aromatic N) is 2. The van der Waals surface area contributed by atoms with Crippen molar-refractivity contribution in [1.29, 1.82) is 0 Å². The first kappa shape index (κ1) is 16.3. The van der Waals surface area contributed by atoms with Gasteiger partial charge in [0.25, 0.3) is 0 Å². The van der Waals surface area contributed by atoms with Crippen LogP contribution in [0.3, 0.4) is 0 Å². The zero-order valence-corrected chi connectivity index (χ0v) is 15.1. The highest BCUT2D eigenvalue weighted by Gasteiger charge is 2.15. The Morgan fingerprint density at radius 3 is 2.81 bits per heavy atom. The summed E-state index contributed by atoms with van der Waals surface area (Å²) in [7, 11) is 0. The molecular formula is C19H16N4O2S. The van der Waals surface area contributed by atoms with Gasteiger partial charge in [0.1, 0.15) is 11.2 Å². The third-order valence-corrected chi connectivity index (χ3v) is 5.11. The van der Waals surface area contributed by atoms with Crippen molar-refractivity contribution in [2.24, 2.45) is 0 Å². The Kier molecular flexibility index (Phi) is 4.14. The van der Waals surface area contributed by atoms with Crippen molar-refractivity contribution < 1.29 is 9.21 Å². The average molecular weight is 364 g/mol. The molecule has 0 saturated carbocycles. The molecule has 4 rings (SSSR count). The molecule has 0 unspecified atom stereocenters. The van der Waals surface area contributed by atoms with Crippen molar-refractivity contribution in [1.82, 2.24) is 15.4 Å². The van der Waals surface area contributed by atoms with E-state index in [1.807, 2.05) is 0 Å². The van der Waals surface area contributed by atoms with E-state index in [1.54, 1.807) is 23.5 Å². The minimum Gasteiger partial charge on any atom is -0.459 e. The van der Waals surface area contributed by atoms with E-state index in [4.69, 9.17) is 4.42 Å². The van der Waals surface area contributed by atoms with Crippen LogP contribution in [0.25, 0.3) is 21.3 Å². The van der Waals surface area contributed by atoms with Crippen LogP contribution in [0.4, 0.5) is 5.82 Å². The number of amides is 1. The van der Waals surface area contributed by atoms with Gasteiger partial charge in [0.15, 0.2) is 11.6 Å². The Bertz CT molecular complexity index is 1090. The van der Waals surface area contributed by atoms with Crippen LogP contribution >= 0.6 is 11.3 Å². The maximum absolute atomic E-state index is 12.1. The molecule has 0 aliphatic carbocycles. The van der Waals surface area contributed by atoms with Crippen LogP contribution in [-0.2, 0) is 0 Å². The molecule has 0 fully saturated rings. The third kappa shape index (κ3) is 2.93. The SMILES string of the molecule is Cc1ccc(-c2csc3ncnc(NNC(=O)c4ccco4)c23)cc1C. The van der Waals surface area contributed by atoms with Gasteiger partial charge in [0.2, 0.25) is 0 Å². The second kappa shape index (κ2) is 6.61. The van der Waals surface area contributed by atoms with Gasteiger partial charge in [-0.15, -0.1) is 11.3 Å². The second-order valence-electron chi connectivity index (χ2n) is 5.91. The number of carbonyl (C=O) groups is 1. The maximum atomic E-state index is 12.1. The Labute approximate surface area is 153 Å². The average Bonchev–Trinajstić information content (AvgIpc) is 3.32. The van der Waals surface area contributed by atoms with E-state index < -0.39 is 0 Å². The summed E-state index contributed by atoms with van der Waals surface area (Å²) in [5, 5.41) is 2.93. The normalized spacial score (nSPS) is 10.8. The molecule has 0 radical (unpaired) electrons. The van der Waals surface area contributed by atoms with E-state index >= 15 is 0 Å². The van der Waals surface area contributed by atoms with Crippen molar-refractivity contribution >= 4 is 33.3 Å². The zero-order valence-electron chi connectivity index (χ0n) is 14.2. The van der Waals surface area contributed by atoms with E-state index in [9.17, 15) is 4.79 Å². The monoisotopic (exact) mass is 364 g/mol. The molecule has 0 bridgehead atoms. The molecule has 1 amide bonds. The van der Waals surface area contributed by atoms with Crippen molar-refractivity contribution in [2.45, 2.75) is 13.8 Å². The number of aromatic nitrogens is 2. The number of fused-ring (bicyclic) bond motifs is 1. The topological polar surface area (TPSA) is 80.0 Å². The molecule has 0 atom stereocenters. The highest BCUT2D eigenvalue weighted by atomic mass is 32.1. The Morgan fingerprint density at radius 2 is 2.04 bits per heavy atom. The van der Waals surface area contributed by atoms with Crippen molar-refractivity contribution in [3.63, 3.8) is 0 Å². The zero-order chi connectivity index (χ0) is 18.1. The highest BCUT2D eigenvalue weighted by molar-refractivity contribution is 7.17. The van der Waals surface area contributed by atoms with Gasteiger partial charge in [-0.25, -0.2) is 9.97 Å². The van der Waals surface area contributed by atoms with Gasteiger partial charge >= 0.3 is 5.91 Å². The van der Waals surface area contributed by atoms with Crippen LogP contribution in [0.15, 0.2) is 52.7 Å². The fourth-order valence-corrected chi connectivity index (χ4v) is 3.59. The Balaban J connectivity index is 1.70. The lowest BCUT2D eigenvalue weighted by molar-refractivity contribution is 0.0935.